The number of aryl methyl sites for hydroxylation is 2. The van der Waals surface area contributed by atoms with Crippen LogP contribution in [0.3, 0.4) is 0 Å². The van der Waals surface area contributed by atoms with Crippen LogP contribution in [0.15, 0.2) is 24.0 Å². The zero-order valence-electron chi connectivity index (χ0n) is 8.36. The number of hydrogen-bond donors (Lipinski definition) is 0. The number of allylic oxidation sites excluding steroid dienone is 2. The Morgan fingerprint density at radius 2 is 2.29 bits per heavy atom. The minimum absolute atomic E-state index is 0.284. The lowest BCUT2D eigenvalue weighted by molar-refractivity contribution is -0.114. The lowest BCUT2D eigenvalue weighted by Crippen LogP contribution is -1.86. The summed E-state index contributed by atoms with van der Waals surface area (Å²) in [5, 5.41) is 4.11. The molecule has 1 aliphatic carbocycles. The number of ketones is 1. The minimum Gasteiger partial charge on any atom is -0.295 e. The molecule has 3 nitrogen and oxygen atoms in total. The summed E-state index contributed by atoms with van der Waals surface area (Å²) < 4.78 is 1.81. The molecule has 0 spiro atoms. The van der Waals surface area contributed by atoms with Gasteiger partial charge in [0, 0.05) is 19.7 Å². The van der Waals surface area contributed by atoms with E-state index >= 15 is 0 Å². The molecule has 0 unspecified atom stereocenters. The quantitative estimate of drug-likeness (QED) is 0.726. The Morgan fingerprint density at radius 3 is 2.86 bits per heavy atom. The molecule has 0 fully saturated rings. The standard InChI is InChI=1S/C11H14N2O/c1-13-8-10(7-12-13)3-2-9-4-5-11(14)6-9/h6-8H,2-5H2,1H3. The van der Waals surface area contributed by atoms with Gasteiger partial charge in [0.1, 0.15) is 0 Å². The van der Waals surface area contributed by atoms with E-state index in [2.05, 4.69) is 5.10 Å². The summed E-state index contributed by atoms with van der Waals surface area (Å²) in [5.41, 5.74) is 2.53. The highest BCUT2D eigenvalue weighted by Crippen LogP contribution is 2.19. The van der Waals surface area contributed by atoms with Crippen molar-refractivity contribution in [3.05, 3.63) is 29.6 Å². The zero-order chi connectivity index (χ0) is 9.97. The van der Waals surface area contributed by atoms with Crippen molar-refractivity contribution >= 4 is 5.78 Å². The van der Waals surface area contributed by atoms with Gasteiger partial charge in [-0.1, -0.05) is 5.57 Å². The first-order valence-corrected chi connectivity index (χ1v) is 4.94. The van der Waals surface area contributed by atoms with Gasteiger partial charge < -0.3 is 0 Å². The summed E-state index contributed by atoms with van der Waals surface area (Å²) in [6.45, 7) is 0. The van der Waals surface area contributed by atoms with E-state index < -0.39 is 0 Å². The van der Waals surface area contributed by atoms with E-state index in [1.54, 1.807) is 6.08 Å². The first kappa shape index (κ1) is 9.19. The lowest BCUT2D eigenvalue weighted by Gasteiger charge is -1.97. The Morgan fingerprint density at radius 1 is 1.43 bits per heavy atom. The van der Waals surface area contributed by atoms with Gasteiger partial charge in [-0.25, -0.2) is 0 Å². The smallest absolute Gasteiger partial charge is 0.155 e. The average molecular weight is 190 g/mol. The maximum Gasteiger partial charge on any atom is 0.155 e. The monoisotopic (exact) mass is 190 g/mol. The normalized spacial score (nSPS) is 16.1. The van der Waals surface area contributed by atoms with Crippen molar-refractivity contribution in [2.75, 3.05) is 0 Å². The van der Waals surface area contributed by atoms with Crippen LogP contribution in [0, 0.1) is 0 Å². The molecule has 1 aromatic rings. The van der Waals surface area contributed by atoms with E-state index in [0.29, 0.717) is 6.42 Å². The molecule has 1 aliphatic rings. The lowest BCUT2D eigenvalue weighted by atomic mass is 10.1. The highest BCUT2D eigenvalue weighted by Gasteiger charge is 2.11. The van der Waals surface area contributed by atoms with Crippen molar-refractivity contribution < 1.29 is 4.79 Å². The molecule has 74 valence electrons. The number of nitrogens with zero attached hydrogens (tertiary/aromatic N) is 2. The molecule has 2 rings (SSSR count). The summed E-state index contributed by atoms with van der Waals surface area (Å²) in [4.78, 5) is 11.0. The van der Waals surface area contributed by atoms with Crippen LogP contribution in [0.25, 0.3) is 0 Å². The van der Waals surface area contributed by atoms with Crippen molar-refractivity contribution in [2.45, 2.75) is 25.7 Å². The fourth-order valence-corrected chi connectivity index (χ4v) is 1.76. The highest BCUT2D eigenvalue weighted by atomic mass is 16.1. The summed E-state index contributed by atoms with van der Waals surface area (Å²) in [5.74, 6) is 0.284. The van der Waals surface area contributed by atoms with Gasteiger partial charge in [-0.2, -0.15) is 5.10 Å². The van der Waals surface area contributed by atoms with Crippen LogP contribution in [0.1, 0.15) is 24.8 Å². The first-order valence-electron chi connectivity index (χ1n) is 4.94. The van der Waals surface area contributed by atoms with Gasteiger partial charge in [0.25, 0.3) is 0 Å². The van der Waals surface area contributed by atoms with Gasteiger partial charge in [-0.05, 0) is 30.9 Å². The minimum atomic E-state index is 0.284. The summed E-state index contributed by atoms with van der Waals surface area (Å²) in [7, 11) is 1.92. The van der Waals surface area contributed by atoms with E-state index in [9.17, 15) is 4.79 Å². The Hall–Kier alpha value is -1.38. The fourth-order valence-electron chi connectivity index (χ4n) is 1.76. The summed E-state index contributed by atoms with van der Waals surface area (Å²) in [6.07, 6.45) is 9.37. The van der Waals surface area contributed by atoms with Crippen LogP contribution < -0.4 is 0 Å². The Labute approximate surface area is 83.4 Å². The van der Waals surface area contributed by atoms with Gasteiger partial charge in [0.2, 0.25) is 0 Å². The first-order chi connectivity index (χ1) is 6.74. The van der Waals surface area contributed by atoms with Crippen LogP contribution in [0.5, 0.6) is 0 Å². The molecule has 0 radical (unpaired) electrons. The largest absolute Gasteiger partial charge is 0.295 e. The molecule has 0 amide bonds. The molecule has 0 bridgehead atoms. The third-order valence-corrected chi connectivity index (χ3v) is 2.55. The van der Waals surface area contributed by atoms with Gasteiger partial charge in [0.15, 0.2) is 5.78 Å². The molecule has 0 N–H and O–H groups in total. The van der Waals surface area contributed by atoms with E-state index in [0.717, 1.165) is 19.3 Å². The number of carbonyl (C=O) groups is 1. The second kappa shape index (κ2) is 3.78. The van der Waals surface area contributed by atoms with Gasteiger partial charge in [-0.3, -0.25) is 9.48 Å². The molecule has 0 saturated heterocycles. The van der Waals surface area contributed by atoms with E-state index in [1.807, 2.05) is 24.1 Å². The molecule has 0 aromatic carbocycles. The highest BCUT2D eigenvalue weighted by molar-refractivity contribution is 5.92. The number of rotatable bonds is 3. The molecule has 1 aromatic heterocycles. The Bertz CT molecular complexity index is 376. The second-order valence-corrected chi connectivity index (χ2v) is 3.79. The molecule has 0 aliphatic heterocycles. The van der Waals surface area contributed by atoms with Gasteiger partial charge in [0.05, 0.1) is 6.20 Å². The third-order valence-electron chi connectivity index (χ3n) is 2.55. The number of aromatic nitrogens is 2. The maximum atomic E-state index is 11.0. The van der Waals surface area contributed by atoms with E-state index in [4.69, 9.17) is 0 Å². The number of hydrogen-bond acceptors (Lipinski definition) is 2. The van der Waals surface area contributed by atoms with Crippen LogP contribution in [-0.4, -0.2) is 15.6 Å². The van der Waals surface area contributed by atoms with Crippen LogP contribution in [-0.2, 0) is 18.3 Å². The van der Waals surface area contributed by atoms with Crippen LogP contribution in [0.4, 0.5) is 0 Å². The third kappa shape index (κ3) is 2.10. The molecular formula is C11H14N2O. The van der Waals surface area contributed by atoms with Crippen molar-refractivity contribution in [1.29, 1.82) is 0 Å². The average Bonchev–Trinajstić information content (AvgIpc) is 2.72. The van der Waals surface area contributed by atoms with E-state index in [1.165, 1.54) is 11.1 Å². The predicted molar refractivity (Wildman–Crippen MR) is 53.9 cm³/mol. The van der Waals surface area contributed by atoms with Crippen LogP contribution in [0.2, 0.25) is 0 Å². The zero-order valence-corrected chi connectivity index (χ0v) is 8.36. The fraction of sp³-hybridized carbons (Fsp3) is 0.455. The van der Waals surface area contributed by atoms with Crippen LogP contribution >= 0.6 is 0 Å². The van der Waals surface area contributed by atoms with Crippen molar-refractivity contribution in [1.82, 2.24) is 9.78 Å². The second-order valence-electron chi connectivity index (χ2n) is 3.79. The molecule has 14 heavy (non-hydrogen) atoms. The van der Waals surface area contributed by atoms with Crippen molar-refractivity contribution in [2.24, 2.45) is 7.05 Å². The number of carbonyl (C=O) groups excluding carboxylic acids is 1. The van der Waals surface area contributed by atoms with Gasteiger partial charge >= 0.3 is 0 Å². The molecule has 3 heteroatoms. The molecular weight excluding hydrogens is 176 g/mol. The molecule has 1 heterocycles. The predicted octanol–water partition coefficient (Wildman–Crippen LogP) is 1.64. The summed E-state index contributed by atoms with van der Waals surface area (Å²) in [6, 6.07) is 0. The Kier molecular flexibility index (Phi) is 2.48. The maximum absolute atomic E-state index is 11.0. The van der Waals surface area contributed by atoms with Crippen molar-refractivity contribution in [3.63, 3.8) is 0 Å². The van der Waals surface area contributed by atoms with E-state index in [-0.39, 0.29) is 5.78 Å². The Balaban J connectivity index is 1.89. The molecule has 0 atom stereocenters. The topological polar surface area (TPSA) is 34.9 Å². The summed E-state index contributed by atoms with van der Waals surface area (Å²) >= 11 is 0. The van der Waals surface area contributed by atoms with Gasteiger partial charge in [-0.15, -0.1) is 0 Å². The van der Waals surface area contributed by atoms with Crippen molar-refractivity contribution in [3.8, 4) is 0 Å². The SMILES string of the molecule is Cn1cc(CCC2=CC(=O)CC2)cn1. The molecule has 0 saturated carbocycles.